The fourth-order valence-electron chi connectivity index (χ4n) is 4.25. The zero-order valence-electron chi connectivity index (χ0n) is 18.1. The largest absolute Gasteiger partial charge is 0.469 e. The van der Waals surface area contributed by atoms with Gasteiger partial charge in [0, 0.05) is 45.3 Å². The van der Waals surface area contributed by atoms with E-state index < -0.39 is 0 Å². The maximum absolute atomic E-state index is 11.7. The maximum Gasteiger partial charge on any atom is 0.308 e. The van der Waals surface area contributed by atoms with Crippen LogP contribution in [0, 0.1) is 5.92 Å². The number of carbonyl (C=O) groups is 1. The molecule has 1 aromatic carbocycles. The van der Waals surface area contributed by atoms with Crippen molar-refractivity contribution in [1.82, 2.24) is 15.1 Å². The smallest absolute Gasteiger partial charge is 0.308 e. The first kappa shape index (κ1) is 23.9. The van der Waals surface area contributed by atoms with E-state index in [4.69, 9.17) is 4.74 Å². The summed E-state index contributed by atoms with van der Waals surface area (Å²) in [4.78, 5) is 21.0. The Balaban J connectivity index is 0.00000300. The van der Waals surface area contributed by atoms with E-state index in [0.29, 0.717) is 0 Å². The van der Waals surface area contributed by atoms with Crippen LogP contribution in [0.15, 0.2) is 29.3 Å². The molecule has 3 rings (SSSR count). The highest BCUT2D eigenvalue weighted by Gasteiger charge is 2.31. The minimum atomic E-state index is -0.0888. The lowest BCUT2D eigenvalue weighted by molar-refractivity contribution is -0.146. The number of nitrogens with zero attached hydrogens (tertiary/aromatic N) is 3. The zero-order valence-corrected chi connectivity index (χ0v) is 20.4. The summed E-state index contributed by atoms with van der Waals surface area (Å²) in [6.45, 7) is 9.16. The maximum atomic E-state index is 11.7. The number of nitrogens with one attached hydrogen (secondary N) is 1. The first-order valence-corrected chi connectivity index (χ1v) is 10.3. The SMILES string of the molecule is CN=C(NCC(C)(C)N1CCc2ccccc2C1)N1CCC(C(=O)OC)CC1.I. The van der Waals surface area contributed by atoms with Crippen molar-refractivity contribution in [2.24, 2.45) is 10.9 Å². The Labute approximate surface area is 192 Å². The third-order valence-corrected chi connectivity index (χ3v) is 6.21. The summed E-state index contributed by atoms with van der Waals surface area (Å²) in [7, 11) is 3.30. The van der Waals surface area contributed by atoms with Gasteiger partial charge in [-0.25, -0.2) is 0 Å². The Bertz CT molecular complexity index is 715. The van der Waals surface area contributed by atoms with Crippen LogP contribution >= 0.6 is 24.0 Å². The molecule has 7 heteroatoms. The summed E-state index contributed by atoms with van der Waals surface area (Å²) in [5.41, 5.74) is 2.94. The summed E-state index contributed by atoms with van der Waals surface area (Å²) in [6, 6.07) is 8.76. The molecule has 6 nitrogen and oxygen atoms in total. The summed E-state index contributed by atoms with van der Waals surface area (Å²) in [6.07, 6.45) is 2.74. The summed E-state index contributed by atoms with van der Waals surface area (Å²) in [5.74, 6) is 0.854. The fraction of sp³-hybridized carbons (Fsp3) is 0.636. The molecule has 0 saturated carbocycles. The number of guanidine groups is 1. The van der Waals surface area contributed by atoms with Gasteiger partial charge < -0.3 is 15.0 Å². The van der Waals surface area contributed by atoms with Crippen molar-refractivity contribution in [3.8, 4) is 0 Å². The number of likely N-dealkylation sites (tertiary alicyclic amines) is 1. The minimum Gasteiger partial charge on any atom is -0.469 e. The number of methoxy groups -OCH3 is 1. The Morgan fingerprint density at radius 3 is 2.48 bits per heavy atom. The van der Waals surface area contributed by atoms with Crippen LogP contribution in [0.4, 0.5) is 0 Å². The standard InChI is InChI=1S/C22H34N4O2.HI/c1-22(2,26-14-11-17-7-5-6-8-19(17)15-26)16-24-21(23-3)25-12-9-18(10-13-25)20(27)28-4;/h5-8,18H,9-16H2,1-4H3,(H,23,24);1H. The molecule has 1 fully saturated rings. The Morgan fingerprint density at radius 2 is 1.86 bits per heavy atom. The van der Waals surface area contributed by atoms with E-state index in [-0.39, 0.29) is 41.4 Å². The van der Waals surface area contributed by atoms with Gasteiger partial charge in [-0.05, 0) is 44.2 Å². The number of fused-ring (bicyclic) bond motifs is 1. The molecule has 0 atom stereocenters. The molecule has 2 aliphatic rings. The molecule has 1 saturated heterocycles. The number of ether oxygens (including phenoxy) is 1. The monoisotopic (exact) mass is 514 g/mol. The van der Waals surface area contributed by atoms with E-state index in [2.05, 4.69) is 58.2 Å². The molecule has 162 valence electrons. The number of piperidine rings is 1. The number of carbonyl (C=O) groups excluding carboxylic acids is 1. The van der Waals surface area contributed by atoms with Gasteiger partial charge in [0.1, 0.15) is 0 Å². The van der Waals surface area contributed by atoms with Crippen LogP contribution < -0.4 is 5.32 Å². The van der Waals surface area contributed by atoms with Crippen molar-refractivity contribution >= 4 is 35.9 Å². The van der Waals surface area contributed by atoms with E-state index >= 15 is 0 Å². The van der Waals surface area contributed by atoms with Crippen LogP contribution in [0.5, 0.6) is 0 Å². The number of hydrogen-bond acceptors (Lipinski definition) is 4. The van der Waals surface area contributed by atoms with E-state index in [1.807, 2.05) is 7.05 Å². The third kappa shape index (κ3) is 5.84. The molecular formula is C22H35IN4O2. The zero-order chi connectivity index (χ0) is 20.1. The molecule has 0 amide bonds. The highest BCUT2D eigenvalue weighted by atomic mass is 127. The first-order chi connectivity index (χ1) is 13.4. The molecule has 0 aliphatic carbocycles. The average molecular weight is 514 g/mol. The van der Waals surface area contributed by atoms with Gasteiger partial charge in [-0.1, -0.05) is 24.3 Å². The van der Waals surface area contributed by atoms with Crippen LogP contribution in [-0.2, 0) is 22.5 Å². The molecule has 0 radical (unpaired) electrons. The van der Waals surface area contributed by atoms with E-state index in [9.17, 15) is 4.79 Å². The van der Waals surface area contributed by atoms with Crippen LogP contribution in [-0.4, -0.2) is 67.6 Å². The van der Waals surface area contributed by atoms with Crippen molar-refractivity contribution < 1.29 is 9.53 Å². The average Bonchev–Trinajstić information content (AvgIpc) is 2.73. The molecule has 29 heavy (non-hydrogen) atoms. The highest BCUT2D eigenvalue weighted by Crippen LogP contribution is 2.25. The van der Waals surface area contributed by atoms with Gasteiger partial charge in [-0.2, -0.15) is 0 Å². The first-order valence-electron chi connectivity index (χ1n) is 10.3. The number of halogens is 1. The van der Waals surface area contributed by atoms with Gasteiger partial charge in [0.2, 0.25) is 0 Å². The fourth-order valence-corrected chi connectivity index (χ4v) is 4.25. The second-order valence-electron chi connectivity index (χ2n) is 8.44. The summed E-state index contributed by atoms with van der Waals surface area (Å²) >= 11 is 0. The van der Waals surface area contributed by atoms with Crippen LogP contribution in [0.3, 0.4) is 0 Å². The summed E-state index contributed by atoms with van der Waals surface area (Å²) in [5, 5.41) is 3.58. The van der Waals surface area contributed by atoms with Crippen molar-refractivity contribution in [2.75, 3.05) is 40.3 Å². The highest BCUT2D eigenvalue weighted by molar-refractivity contribution is 14.0. The van der Waals surface area contributed by atoms with Gasteiger partial charge in [-0.3, -0.25) is 14.7 Å². The molecule has 2 heterocycles. The van der Waals surface area contributed by atoms with Gasteiger partial charge >= 0.3 is 5.97 Å². The predicted molar refractivity (Wildman–Crippen MR) is 128 cm³/mol. The molecule has 1 N–H and O–H groups in total. The Morgan fingerprint density at radius 1 is 1.21 bits per heavy atom. The lowest BCUT2D eigenvalue weighted by Gasteiger charge is -2.42. The number of aliphatic imine (C=N–C) groups is 1. The number of rotatable bonds is 4. The van der Waals surface area contributed by atoms with Gasteiger partial charge in [0.05, 0.1) is 13.0 Å². The number of hydrogen-bond donors (Lipinski definition) is 1. The quantitative estimate of drug-likeness (QED) is 0.290. The minimum absolute atomic E-state index is 0. The van der Waals surface area contributed by atoms with Crippen molar-refractivity contribution in [1.29, 1.82) is 0 Å². The number of benzene rings is 1. The van der Waals surface area contributed by atoms with Crippen LogP contribution in [0.2, 0.25) is 0 Å². The molecule has 0 unspecified atom stereocenters. The summed E-state index contributed by atoms with van der Waals surface area (Å²) < 4.78 is 4.89. The topological polar surface area (TPSA) is 57.2 Å². The predicted octanol–water partition coefficient (Wildman–Crippen LogP) is 2.90. The molecule has 0 spiro atoms. The van der Waals surface area contributed by atoms with E-state index in [0.717, 1.165) is 57.9 Å². The third-order valence-electron chi connectivity index (χ3n) is 6.21. The van der Waals surface area contributed by atoms with E-state index in [1.54, 1.807) is 0 Å². The van der Waals surface area contributed by atoms with Crippen LogP contribution in [0.1, 0.15) is 37.8 Å². The van der Waals surface area contributed by atoms with Crippen molar-refractivity contribution in [3.05, 3.63) is 35.4 Å². The molecular weight excluding hydrogens is 479 g/mol. The van der Waals surface area contributed by atoms with Crippen molar-refractivity contribution in [3.63, 3.8) is 0 Å². The molecule has 0 bridgehead atoms. The second-order valence-corrected chi connectivity index (χ2v) is 8.44. The van der Waals surface area contributed by atoms with Gasteiger partial charge in [-0.15, -0.1) is 24.0 Å². The number of esters is 1. The van der Waals surface area contributed by atoms with Gasteiger partial charge in [0.25, 0.3) is 0 Å². The van der Waals surface area contributed by atoms with E-state index in [1.165, 1.54) is 18.2 Å². The lowest BCUT2D eigenvalue weighted by atomic mass is 9.94. The molecule has 0 aromatic heterocycles. The lowest BCUT2D eigenvalue weighted by Crippen LogP contribution is -2.56. The van der Waals surface area contributed by atoms with Crippen molar-refractivity contribution in [2.45, 2.75) is 45.2 Å². The van der Waals surface area contributed by atoms with Crippen LogP contribution in [0.25, 0.3) is 0 Å². The normalized spacial score (nSPS) is 18.6. The van der Waals surface area contributed by atoms with Gasteiger partial charge in [0.15, 0.2) is 5.96 Å². The second kappa shape index (κ2) is 10.6. The Hall–Kier alpha value is -1.35. The Kier molecular flexibility index (Phi) is 8.75. The molecule has 1 aromatic rings. The molecule has 2 aliphatic heterocycles.